The van der Waals surface area contributed by atoms with Crippen molar-refractivity contribution >= 4 is 12.0 Å². The van der Waals surface area contributed by atoms with Crippen molar-refractivity contribution in [2.45, 2.75) is 31.9 Å². The first-order valence-corrected chi connectivity index (χ1v) is 6.98. The first-order valence-electron chi connectivity index (χ1n) is 6.98. The maximum atomic E-state index is 12.0. The van der Waals surface area contributed by atoms with Gasteiger partial charge in [0.25, 0.3) is 0 Å². The molecule has 2 fully saturated rings. The van der Waals surface area contributed by atoms with E-state index in [1.165, 1.54) is 4.90 Å². The smallest absolute Gasteiger partial charge is 0.410 e. The van der Waals surface area contributed by atoms with Crippen LogP contribution in [0, 0.1) is 0 Å². The van der Waals surface area contributed by atoms with Gasteiger partial charge in [-0.3, -0.25) is 9.69 Å². The van der Waals surface area contributed by atoms with Gasteiger partial charge in [0.15, 0.2) is 0 Å². The van der Waals surface area contributed by atoms with Gasteiger partial charge >= 0.3 is 6.09 Å². The maximum absolute atomic E-state index is 12.0. The van der Waals surface area contributed by atoms with Crippen molar-refractivity contribution in [1.29, 1.82) is 0 Å². The summed E-state index contributed by atoms with van der Waals surface area (Å²) >= 11 is 0. The number of rotatable bonds is 2. The van der Waals surface area contributed by atoms with Crippen molar-refractivity contribution < 1.29 is 14.3 Å². The summed E-state index contributed by atoms with van der Waals surface area (Å²) in [6, 6.07) is 0. The highest BCUT2D eigenvalue weighted by molar-refractivity contribution is 5.89. The van der Waals surface area contributed by atoms with Crippen LogP contribution in [0.5, 0.6) is 0 Å². The molecule has 2 amide bonds. The second kappa shape index (κ2) is 5.21. The van der Waals surface area contributed by atoms with Gasteiger partial charge in [-0.15, -0.1) is 0 Å². The van der Waals surface area contributed by atoms with Crippen LogP contribution in [0.4, 0.5) is 4.79 Å². The molecule has 0 unspecified atom stereocenters. The number of carbonyl (C=O) groups is 2. The van der Waals surface area contributed by atoms with E-state index in [4.69, 9.17) is 10.5 Å². The second-order valence-electron chi connectivity index (χ2n) is 6.47. The molecule has 2 heterocycles. The van der Waals surface area contributed by atoms with Gasteiger partial charge < -0.3 is 20.7 Å². The lowest BCUT2D eigenvalue weighted by atomic mass is 9.86. The molecule has 3 N–H and O–H groups in total. The van der Waals surface area contributed by atoms with E-state index in [9.17, 15) is 9.59 Å². The lowest BCUT2D eigenvalue weighted by molar-refractivity contribution is -0.143. The summed E-state index contributed by atoms with van der Waals surface area (Å²) in [6.45, 7) is 9.31. The SMILES string of the molecule is CC(C)(C)OC(=O)N1CC(C(N)=O)(N2CCNCC2)C1. The van der Waals surface area contributed by atoms with Gasteiger partial charge in [0.2, 0.25) is 5.91 Å². The summed E-state index contributed by atoms with van der Waals surface area (Å²) in [7, 11) is 0. The molecule has 2 saturated heterocycles. The van der Waals surface area contributed by atoms with Crippen LogP contribution >= 0.6 is 0 Å². The highest BCUT2D eigenvalue weighted by atomic mass is 16.6. The third kappa shape index (κ3) is 2.88. The Labute approximate surface area is 119 Å². The number of likely N-dealkylation sites (tertiary alicyclic amines) is 1. The molecule has 7 heteroatoms. The Balaban J connectivity index is 1.98. The Kier molecular flexibility index (Phi) is 3.93. The fraction of sp³-hybridized carbons (Fsp3) is 0.846. The van der Waals surface area contributed by atoms with Crippen LogP contribution in [-0.2, 0) is 9.53 Å². The fourth-order valence-electron chi connectivity index (χ4n) is 2.65. The third-order valence-electron chi connectivity index (χ3n) is 3.74. The normalized spacial score (nSPS) is 23.1. The van der Waals surface area contributed by atoms with Crippen molar-refractivity contribution in [3.05, 3.63) is 0 Å². The predicted octanol–water partition coefficient (Wildman–Crippen LogP) is -0.634. The standard InChI is InChI=1S/C13H24N4O3/c1-12(2,3)20-11(19)16-8-13(9-16,10(14)18)17-6-4-15-5-7-17/h15H,4-9H2,1-3H3,(H2,14,18). The topological polar surface area (TPSA) is 87.9 Å². The average molecular weight is 284 g/mol. The summed E-state index contributed by atoms with van der Waals surface area (Å²) < 4.78 is 5.31. The molecule has 2 aliphatic heterocycles. The van der Waals surface area contributed by atoms with Crippen LogP contribution in [0.15, 0.2) is 0 Å². The van der Waals surface area contributed by atoms with Gasteiger partial charge in [0, 0.05) is 26.2 Å². The highest BCUT2D eigenvalue weighted by Crippen LogP contribution is 2.29. The summed E-state index contributed by atoms with van der Waals surface area (Å²) in [5.74, 6) is -0.362. The summed E-state index contributed by atoms with van der Waals surface area (Å²) in [5, 5.41) is 3.24. The van der Waals surface area contributed by atoms with E-state index in [1.807, 2.05) is 20.8 Å². The molecule has 7 nitrogen and oxygen atoms in total. The van der Waals surface area contributed by atoms with Crippen LogP contribution in [0.1, 0.15) is 20.8 Å². The van der Waals surface area contributed by atoms with E-state index >= 15 is 0 Å². The van der Waals surface area contributed by atoms with Crippen LogP contribution in [-0.4, -0.2) is 72.2 Å². The number of piperazine rings is 1. The summed E-state index contributed by atoms with van der Waals surface area (Å²) in [5.41, 5.74) is 4.32. The van der Waals surface area contributed by atoms with Crippen molar-refractivity contribution in [1.82, 2.24) is 15.1 Å². The van der Waals surface area contributed by atoms with Crippen molar-refractivity contribution in [2.75, 3.05) is 39.3 Å². The van der Waals surface area contributed by atoms with E-state index < -0.39 is 11.1 Å². The van der Waals surface area contributed by atoms with Gasteiger partial charge in [-0.2, -0.15) is 0 Å². The quantitative estimate of drug-likeness (QED) is 0.704. The number of hydrogen-bond acceptors (Lipinski definition) is 5. The number of nitrogens with two attached hydrogens (primary N) is 1. The van der Waals surface area contributed by atoms with Crippen LogP contribution < -0.4 is 11.1 Å². The zero-order valence-electron chi connectivity index (χ0n) is 12.4. The fourth-order valence-corrected chi connectivity index (χ4v) is 2.65. The number of carbonyl (C=O) groups excluding carboxylic acids is 2. The van der Waals surface area contributed by atoms with E-state index in [2.05, 4.69) is 10.2 Å². The Morgan fingerprint density at radius 1 is 1.20 bits per heavy atom. The number of amides is 2. The molecule has 0 spiro atoms. The molecule has 0 atom stereocenters. The van der Waals surface area contributed by atoms with Gasteiger partial charge in [0.05, 0.1) is 13.1 Å². The Bertz CT molecular complexity index is 393. The third-order valence-corrected chi connectivity index (χ3v) is 3.74. The zero-order valence-corrected chi connectivity index (χ0v) is 12.4. The number of primary amides is 1. The Morgan fingerprint density at radius 2 is 1.75 bits per heavy atom. The van der Waals surface area contributed by atoms with E-state index in [1.54, 1.807) is 0 Å². The molecule has 20 heavy (non-hydrogen) atoms. The molecule has 0 aromatic rings. The van der Waals surface area contributed by atoms with Gasteiger partial charge in [-0.1, -0.05) is 0 Å². The molecule has 2 rings (SSSR count). The average Bonchev–Trinajstić information content (AvgIpc) is 2.26. The van der Waals surface area contributed by atoms with E-state index in [0.717, 1.165) is 26.2 Å². The van der Waals surface area contributed by atoms with Crippen molar-refractivity contribution in [3.8, 4) is 0 Å². The summed E-state index contributed by atoms with van der Waals surface area (Å²) in [4.78, 5) is 27.4. The number of ether oxygens (including phenoxy) is 1. The van der Waals surface area contributed by atoms with Crippen molar-refractivity contribution in [2.24, 2.45) is 5.73 Å². The molecular weight excluding hydrogens is 260 g/mol. The zero-order chi connectivity index (χ0) is 15.0. The molecule has 114 valence electrons. The van der Waals surface area contributed by atoms with Gasteiger partial charge in [-0.05, 0) is 20.8 Å². The van der Waals surface area contributed by atoms with Crippen molar-refractivity contribution in [3.63, 3.8) is 0 Å². The number of nitrogens with one attached hydrogen (secondary N) is 1. The highest BCUT2D eigenvalue weighted by Gasteiger charge is 2.54. The molecule has 0 aromatic carbocycles. The summed E-state index contributed by atoms with van der Waals surface area (Å²) in [6.07, 6.45) is -0.385. The monoisotopic (exact) mass is 284 g/mol. The number of nitrogens with zero attached hydrogens (tertiary/aromatic N) is 2. The maximum Gasteiger partial charge on any atom is 0.410 e. The lowest BCUT2D eigenvalue weighted by Crippen LogP contribution is -2.78. The first kappa shape index (κ1) is 15.1. The molecule has 0 aromatic heterocycles. The molecule has 2 aliphatic rings. The van der Waals surface area contributed by atoms with Crippen LogP contribution in [0.2, 0.25) is 0 Å². The minimum absolute atomic E-state index is 0.317. The second-order valence-corrected chi connectivity index (χ2v) is 6.47. The van der Waals surface area contributed by atoms with Gasteiger partial charge in [-0.25, -0.2) is 4.79 Å². The molecule has 0 bridgehead atoms. The largest absolute Gasteiger partial charge is 0.444 e. The lowest BCUT2D eigenvalue weighted by Gasteiger charge is -2.54. The van der Waals surface area contributed by atoms with E-state index in [0.29, 0.717) is 13.1 Å². The Hall–Kier alpha value is -1.34. The van der Waals surface area contributed by atoms with Gasteiger partial charge in [0.1, 0.15) is 11.1 Å². The minimum atomic E-state index is -0.723. The predicted molar refractivity (Wildman–Crippen MR) is 74.2 cm³/mol. The first-order chi connectivity index (χ1) is 9.24. The minimum Gasteiger partial charge on any atom is -0.444 e. The molecular formula is C13H24N4O3. The molecule has 0 radical (unpaired) electrons. The molecule has 0 saturated carbocycles. The van der Waals surface area contributed by atoms with E-state index in [-0.39, 0.29) is 12.0 Å². The van der Waals surface area contributed by atoms with Crippen LogP contribution in [0.25, 0.3) is 0 Å². The number of hydrogen-bond donors (Lipinski definition) is 2. The molecule has 0 aliphatic carbocycles. The Morgan fingerprint density at radius 3 is 2.20 bits per heavy atom. The van der Waals surface area contributed by atoms with Crippen LogP contribution in [0.3, 0.4) is 0 Å².